The summed E-state index contributed by atoms with van der Waals surface area (Å²) in [5, 5.41) is 5.09. The van der Waals surface area contributed by atoms with Crippen molar-refractivity contribution in [1.29, 1.82) is 0 Å². The Bertz CT molecular complexity index is 1500. The summed E-state index contributed by atoms with van der Waals surface area (Å²) in [6.07, 6.45) is 0. The highest BCUT2D eigenvalue weighted by Gasteiger charge is 2.14. The van der Waals surface area contributed by atoms with E-state index >= 15 is 0 Å². The number of aromatic amines is 1. The average molecular weight is 440 g/mol. The molecule has 0 saturated heterocycles. The Morgan fingerprint density at radius 1 is 1.00 bits per heavy atom. The third kappa shape index (κ3) is 3.89. The fourth-order valence-corrected chi connectivity index (χ4v) is 3.53. The molecule has 5 rings (SSSR count). The Morgan fingerprint density at radius 2 is 1.82 bits per heavy atom. The van der Waals surface area contributed by atoms with Gasteiger partial charge in [-0.15, -0.1) is 5.10 Å². The highest BCUT2D eigenvalue weighted by Crippen LogP contribution is 2.27. The van der Waals surface area contributed by atoms with E-state index in [1.807, 2.05) is 42.5 Å². The molecule has 0 radical (unpaired) electrons. The molecule has 0 atom stereocenters. The van der Waals surface area contributed by atoms with Crippen molar-refractivity contribution in [3.8, 4) is 22.9 Å². The summed E-state index contributed by atoms with van der Waals surface area (Å²) in [6, 6.07) is 21.9. The first-order valence-electron chi connectivity index (χ1n) is 10.2. The molecule has 0 aliphatic heterocycles. The van der Waals surface area contributed by atoms with Gasteiger partial charge in [0.25, 0.3) is 5.91 Å². The number of nitrogens with zero attached hydrogens (tertiary/aromatic N) is 2. The van der Waals surface area contributed by atoms with Gasteiger partial charge in [0.2, 0.25) is 5.55 Å². The number of aromatic nitrogens is 2. The van der Waals surface area contributed by atoms with Crippen molar-refractivity contribution in [2.24, 2.45) is 5.10 Å². The van der Waals surface area contributed by atoms with Gasteiger partial charge in [-0.1, -0.05) is 24.3 Å². The van der Waals surface area contributed by atoms with Crippen LogP contribution in [0.25, 0.3) is 33.4 Å². The van der Waals surface area contributed by atoms with E-state index in [-0.39, 0.29) is 11.5 Å². The van der Waals surface area contributed by atoms with Crippen LogP contribution in [-0.2, 0) is 0 Å². The van der Waals surface area contributed by atoms with E-state index in [4.69, 9.17) is 13.9 Å². The summed E-state index contributed by atoms with van der Waals surface area (Å²) in [4.78, 5) is 20.6. The lowest BCUT2D eigenvalue weighted by atomic mass is 10.1. The molecule has 0 fully saturated rings. The molecule has 5 aromatic rings. The number of hydrogen-bond acceptors (Lipinski definition) is 6. The van der Waals surface area contributed by atoms with Gasteiger partial charge in [0.05, 0.1) is 30.8 Å². The number of benzene rings is 3. The summed E-state index contributed by atoms with van der Waals surface area (Å²) in [5.74, 6) is 1.40. The normalized spacial score (nSPS) is 11.6. The summed E-state index contributed by atoms with van der Waals surface area (Å²) < 4.78 is 16.7. The van der Waals surface area contributed by atoms with Gasteiger partial charge in [-0.2, -0.15) is 0 Å². The van der Waals surface area contributed by atoms with Crippen LogP contribution < -0.4 is 20.5 Å². The number of imidazole rings is 1. The summed E-state index contributed by atoms with van der Waals surface area (Å²) in [7, 11) is 3.14. The molecule has 0 unspecified atom stereocenters. The van der Waals surface area contributed by atoms with Gasteiger partial charge < -0.3 is 18.9 Å². The molecule has 3 aromatic carbocycles. The first kappa shape index (κ1) is 20.3. The Hall–Kier alpha value is -4.59. The van der Waals surface area contributed by atoms with E-state index in [0.29, 0.717) is 34.0 Å². The molecule has 2 N–H and O–H groups in total. The lowest BCUT2D eigenvalue weighted by Crippen LogP contribution is -2.22. The second-order valence-corrected chi connectivity index (χ2v) is 7.23. The molecule has 8 heteroatoms. The van der Waals surface area contributed by atoms with Crippen LogP contribution >= 0.6 is 0 Å². The number of methoxy groups -OCH3 is 2. The molecule has 2 aromatic heterocycles. The lowest BCUT2D eigenvalue weighted by molar-refractivity contribution is 0.0951. The molecule has 1 amide bonds. The third-order valence-electron chi connectivity index (χ3n) is 5.21. The minimum atomic E-state index is -0.386. The van der Waals surface area contributed by atoms with E-state index in [0.717, 1.165) is 16.4 Å². The van der Waals surface area contributed by atoms with Gasteiger partial charge in [0.1, 0.15) is 11.6 Å². The minimum absolute atomic E-state index is 0.188. The molecule has 164 valence electrons. The predicted octanol–water partition coefficient (Wildman–Crippen LogP) is 4.24. The summed E-state index contributed by atoms with van der Waals surface area (Å²) in [6.45, 7) is 0. The number of nitrogens with one attached hydrogen (secondary N) is 2. The fourth-order valence-electron chi connectivity index (χ4n) is 3.53. The number of carbonyl (C=O) groups is 1. The SMILES string of the molecule is COc1ccc(C(=O)N/N=c2\oc3c(OC)cccc3cc2-c2nc3ccccc3[nH]2)cc1. The standard InChI is InChI=1S/C25H20N4O4/c1-31-17-12-10-15(11-13-17)24(30)28-29-25-18(23-26-19-7-3-4-8-20(19)27-23)14-16-6-5-9-21(32-2)22(16)33-25/h3-14H,1-2H3,(H,26,27)(H,28,30)/b29-25-. The van der Waals surface area contributed by atoms with Crippen LogP contribution in [0.1, 0.15) is 10.4 Å². The monoisotopic (exact) mass is 440 g/mol. The second-order valence-electron chi connectivity index (χ2n) is 7.23. The smallest absolute Gasteiger partial charge is 0.271 e. The average Bonchev–Trinajstić information content (AvgIpc) is 3.30. The summed E-state index contributed by atoms with van der Waals surface area (Å²) >= 11 is 0. The Kier molecular flexibility index (Phi) is 5.24. The Labute approximate surface area is 188 Å². The number of ether oxygens (including phenoxy) is 2. The zero-order valence-corrected chi connectivity index (χ0v) is 18.0. The molecular formula is C25H20N4O4. The van der Waals surface area contributed by atoms with Gasteiger partial charge in [-0.05, 0) is 48.5 Å². The Balaban J connectivity index is 1.63. The maximum absolute atomic E-state index is 12.7. The molecule has 8 nitrogen and oxygen atoms in total. The number of rotatable bonds is 5. The molecule has 0 aliphatic carbocycles. The van der Waals surface area contributed by atoms with E-state index in [2.05, 4.69) is 20.5 Å². The second kappa shape index (κ2) is 8.51. The van der Waals surface area contributed by atoms with Crippen molar-refractivity contribution in [2.75, 3.05) is 14.2 Å². The molecule has 0 saturated carbocycles. The van der Waals surface area contributed by atoms with Crippen LogP contribution in [0.15, 0.2) is 82.3 Å². The molecule has 33 heavy (non-hydrogen) atoms. The number of hydrogen-bond donors (Lipinski definition) is 2. The van der Waals surface area contributed by atoms with Crippen molar-refractivity contribution in [1.82, 2.24) is 15.4 Å². The maximum Gasteiger partial charge on any atom is 0.271 e. The van der Waals surface area contributed by atoms with E-state index < -0.39 is 0 Å². The van der Waals surface area contributed by atoms with Crippen molar-refractivity contribution in [3.63, 3.8) is 0 Å². The number of amides is 1. The van der Waals surface area contributed by atoms with Crippen LogP contribution in [0.5, 0.6) is 11.5 Å². The van der Waals surface area contributed by atoms with Crippen LogP contribution in [0.4, 0.5) is 0 Å². The molecule has 2 heterocycles. The third-order valence-corrected chi connectivity index (χ3v) is 5.21. The highest BCUT2D eigenvalue weighted by molar-refractivity contribution is 5.94. The molecular weight excluding hydrogens is 420 g/mol. The number of H-pyrrole nitrogens is 1. The van der Waals surface area contributed by atoms with Crippen LogP contribution in [0, 0.1) is 0 Å². The lowest BCUT2D eigenvalue weighted by Gasteiger charge is -2.07. The van der Waals surface area contributed by atoms with E-state index in [1.165, 1.54) is 0 Å². The van der Waals surface area contributed by atoms with Crippen molar-refractivity contribution < 1.29 is 18.7 Å². The van der Waals surface area contributed by atoms with Crippen LogP contribution in [-0.4, -0.2) is 30.1 Å². The number of carbonyl (C=O) groups excluding carboxylic acids is 1. The van der Waals surface area contributed by atoms with Crippen molar-refractivity contribution in [2.45, 2.75) is 0 Å². The number of fused-ring (bicyclic) bond motifs is 2. The van der Waals surface area contributed by atoms with E-state index in [1.54, 1.807) is 44.6 Å². The molecule has 0 spiro atoms. The van der Waals surface area contributed by atoms with E-state index in [9.17, 15) is 4.79 Å². The van der Waals surface area contributed by atoms with Crippen molar-refractivity contribution in [3.05, 3.63) is 83.9 Å². The van der Waals surface area contributed by atoms with Gasteiger partial charge in [0, 0.05) is 10.9 Å². The van der Waals surface area contributed by atoms with Crippen LogP contribution in [0.3, 0.4) is 0 Å². The van der Waals surface area contributed by atoms with Gasteiger partial charge >= 0.3 is 0 Å². The fraction of sp³-hybridized carbons (Fsp3) is 0.0800. The number of para-hydroxylation sites is 3. The molecule has 0 bridgehead atoms. The Morgan fingerprint density at radius 3 is 2.58 bits per heavy atom. The maximum atomic E-state index is 12.7. The summed E-state index contributed by atoms with van der Waals surface area (Å²) in [5.41, 5.74) is 5.99. The largest absolute Gasteiger partial charge is 0.497 e. The quantitative estimate of drug-likeness (QED) is 0.398. The molecule has 0 aliphatic rings. The van der Waals surface area contributed by atoms with Crippen molar-refractivity contribution >= 4 is 27.9 Å². The predicted molar refractivity (Wildman–Crippen MR) is 124 cm³/mol. The highest BCUT2D eigenvalue weighted by atomic mass is 16.5. The van der Waals surface area contributed by atoms with Gasteiger partial charge in [-0.25, -0.2) is 10.4 Å². The topological polar surface area (TPSA) is 102 Å². The zero-order chi connectivity index (χ0) is 22.8. The van der Waals surface area contributed by atoms with Gasteiger partial charge in [0.15, 0.2) is 11.3 Å². The van der Waals surface area contributed by atoms with Gasteiger partial charge in [-0.3, -0.25) is 4.79 Å². The first-order valence-corrected chi connectivity index (χ1v) is 10.2. The zero-order valence-electron chi connectivity index (χ0n) is 18.0. The first-order chi connectivity index (χ1) is 16.2. The minimum Gasteiger partial charge on any atom is -0.497 e. The van der Waals surface area contributed by atoms with Crippen LogP contribution in [0.2, 0.25) is 0 Å².